The first-order chi connectivity index (χ1) is 9.60. The Balaban J connectivity index is 2.13. The number of amides is 1. The Morgan fingerprint density at radius 2 is 2.00 bits per heavy atom. The summed E-state index contributed by atoms with van der Waals surface area (Å²) < 4.78 is 0. The van der Waals surface area contributed by atoms with E-state index in [9.17, 15) is 9.59 Å². The molecular weight excluding hydrogens is 320 g/mol. The summed E-state index contributed by atoms with van der Waals surface area (Å²) in [5, 5.41) is 3.62. The van der Waals surface area contributed by atoms with Crippen molar-refractivity contribution in [3.05, 3.63) is 63.6 Å². The minimum Gasteiger partial charge on any atom is -0.364 e. The molecule has 0 saturated carbocycles. The van der Waals surface area contributed by atoms with Crippen LogP contribution in [0.15, 0.2) is 41.3 Å². The van der Waals surface area contributed by atoms with Gasteiger partial charge in [0.2, 0.25) is 0 Å². The third-order valence-electron chi connectivity index (χ3n) is 2.90. The molecule has 5 heteroatoms. The number of nitrogens with one attached hydrogen (secondary N) is 2. The van der Waals surface area contributed by atoms with E-state index in [1.165, 1.54) is 17.8 Å². The zero-order chi connectivity index (χ0) is 14.5. The van der Waals surface area contributed by atoms with Gasteiger partial charge in [0.1, 0.15) is 5.56 Å². The van der Waals surface area contributed by atoms with Crippen LogP contribution in [-0.4, -0.2) is 16.2 Å². The summed E-state index contributed by atoms with van der Waals surface area (Å²) in [5.41, 5.74) is 2.42. The van der Waals surface area contributed by atoms with Crippen LogP contribution in [0.3, 0.4) is 0 Å². The smallest absolute Gasteiger partial charge is 0.261 e. The van der Waals surface area contributed by atoms with Crippen LogP contribution in [0, 0.1) is 6.92 Å². The number of aryl methyl sites for hydroxylation is 2. The van der Waals surface area contributed by atoms with Crippen LogP contribution >= 0.6 is 15.9 Å². The molecule has 4 nitrogen and oxygen atoms in total. The third-order valence-corrected chi connectivity index (χ3v) is 3.29. The first-order valence-corrected chi connectivity index (χ1v) is 7.38. The Morgan fingerprint density at radius 1 is 1.30 bits per heavy atom. The van der Waals surface area contributed by atoms with E-state index < -0.39 is 5.91 Å². The van der Waals surface area contributed by atoms with E-state index in [1.807, 2.05) is 24.3 Å². The third kappa shape index (κ3) is 3.57. The largest absolute Gasteiger partial charge is 0.364 e. The average molecular weight is 335 g/mol. The molecule has 1 amide bonds. The second kappa shape index (κ2) is 6.52. The quantitative estimate of drug-likeness (QED) is 0.844. The van der Waals surface area contributed by atoms with Crippen LogP contribution in [0.1, 0.15) is 21.6 Å². The van der Waals surface area contributed by atoms with Crippen LogP contribution in [0.4, 0.5) is 5.69 Å². The molecule has 1 heterocycles. The van der Waals surface area contributed by atoms with Gasteiger partial charge in [0.25, 0.3) is 5.91 Å². The first-order valence-electron chi connectivity index (χ1n) is 6.26. The van der Waals surface area contributed by atoms with E-state index in [1.54, 1.807) is 6.92 Å². The molecule has 1 aromatic heterocycles. The van der Waals surface area contributed by atoms with Crippen LogP contribution in [-0.2, 0) is 6.42 Å². The number of carbonyl (C=O) groups excluding carboxylic acids is 1. The standard InChI is InChI=1S/C15H15BrN2O2/c1-10-8-14(19)13(9-17-10)15(20)18-12-4-2-11(3-5-12)6-7-16/h2-5,8-9H,6-7H2,1H3,(H,17,19)(H,18,20). The molecular formula is C15H15BrN2O2. The van der Waals surface area contributed by atoms with Gasteiger partial charge in [-0.2, -0.15) is 0 Å². The van der Waals surface area contributed by atoms with Gasteiger partial charge < -0.3 is 10.3 Å². The molecule has 2 N–H and O–H groups in total. The molecule has 20 heavy (non-hydrogen) atoms. The van der Waals surface area contributed by atoms with Crippen LogP contribution in [0.5, 0.6) is 0 Å². The number of pyridine rings is 1. The molecule has 0 aliphatic heterocycles. The Labute approximate surface area is 125 Å². The molecule has 0 aliphatic carbocycles. The molecule has 0 fully saturated rings. The number of halogens is 1. The zero-order valence-electron chi connectivity index (χ0n) is 11.1. The predicted molar refractivity (Wildman–Crippen MR) is 83.7 cm³/mol. The Kier molecular flexibility index (Phi) is 4.74. The number of aromatic nitrogens is 1. The molecule has 0 aliphatic rings. The Hall–Kier alpha value is -1.88. The van der Waals surface area contributed by atoms with Crippen molar-refractivity contribution in [2.24, 2.45) is 0 Å². The summed E-state index contributed by atoms with van der Waals surface area (Å²) in [6, 6.07) is 8.98. The van der Waals surface area contributed by atoms with Crippen molar-refractivity contribution < 1.29 is 4.79 Å². The highest BCUT2D eigenvalue weighted by molar-refractivity contribution is 9.09. The lowest BCUT2D eigenvalue weighted by atomic mass is 10.1. The molecule has 104 valence electrons. The number of H-pyrrole nitrogens is 1. The number of anilines is 1. The maximum absolute atomic E-state index is 12.0. The normalized spacial score (nSPS) is 10.3. The lowest BCUT2D eigenvalue weighted by Crippen LogP contribution is -2.21. The zero-order valence-corrected chi connectivity index (χ0v) is 12.7. The highest BCUT2D eigenvalue weighted by atomic mass is 79.9. The summed E-state index contributed by atoms with van der Waals surface area (Å²) in [4.78, 5) is 26.6. The lowest BCUT2D eigenvalue weighted by molar-refractivity contribution is 0.102. The van der Waals surface area contributed by atoms with Crippen molar-refractivity contribution in [3.63, 3.8) is 0 Å². The van der Waals surface area contributed by atoms with Gasteiger partial charge in [0, 0.05) is 29.0 Å². The number of hydrogen-bond donors (Lipinski definition) is 2. The number of alkyl halides is 1. The van der Waals surface area contributed by atoms with Gasteiger partial charge in [0.05, 0.1) is 0 Å². The fourth-order valence-corrected chi connectivity index (χ4v) is 2.27. The Morgan fingerprint density at radius 3 is 2.60 bits per heavy atom. The first kappa shape index (κ1) is 14.5. The highest BCUT2D eigenvalue weighted by Gasteiger charge is 2.10. The van der Waals surface area contributed by atoms with Gasteiger partial charge in [0.15, 0.2) is 5.43 Å². The van der Waals surface area contributed by atoms with Gasteiger partial charge >= 0.3 is 0 Å². The minimum absolute atomic E-state index is 0.111. The van der Waals surface area contributed by atoms with Crippen molar-refractivity contribution in [2.45, 2.75) is 13.3 Å². The lowest BCUT2D eigenvalue weighted by Gasteiger charge is -2.06. The second-order valence-corrected chi connectivity index (χ2v) is 5.28. The van der Waals surface area contributed by atoms with Crippen LogP contribution in [0.2, 0.25) is 0 Å². The van der Waals surface area contributed by atoms with Crippen molar-refractivity contribution in [3.8, 4) is 0 Å². The fourth-order valence-electron chi connectivity index (χ4n) is 1.81. The van der Waals surface area contributed by atoms with Gasteiger partial charge in [-0.05, 0) is 31.0 Å². The molecule has 0 bridgehead atoms. The predicted octanol–water partition coefficient (Wildman–Crippen LogP) is 2.87. The van der Waals surface area contributed by atoms with Crippen molar-refractivity contribution in [1.29, 1.82) is 0 Å². The minimum atomic E-state index is -0.403. The highest BCUT2D eigenvalue weighted by Crippen LogP contribution is 2.11. The number of hydrogen-bond acceptors (Lipinski definition) is 2. The summed E-state index contributed by atoms with van der Waals surface area (Å²) in [6.45, 7) is 1.77. The Bertz CT molecular complexity index is 662. The van der Waals surface area contributed by atoms with Crippen molar-refractivity contribution in [1.82, 2.24) is 4.98 Å². The summed E-state index contributed by atoms with van der Waals surface area (Å²) in [5.74, 6) is -0.403. The van der Waals surface area contributed by atoms with E-state index in [0.717, 1.165) is 17.4 Å². The molecule has 0 radical (unpaired) electrons. The monoisotopic (exact) mass is 334 g/mol. The molecule has 1 aromatic carbocycles. The van der Waals surface area contributed by atoms with Crippen molar-refractivity contribution in [2.75, 3.05) is 10.6 Å². The van der Waals surface area contributed by atoms with Crippen molar-refractivity contribution >= 4 is 27.5 Å². The maximum atomic E-state index is 12.0. The second-order valence-electron chi connectivity index (χ2n) is 4.48. The van der Waals surface area contributed by atoms with Gasteiger partial charge in [-0.15, -0.1) is 0 Å². The van der Waals surface area contributed by atoms with E-state index in [-0.39, 0.29) is 11.0 Å². The molecule has 0 spiro atoms. The van der Waals surface area contributed by atoms with E-state index >= 15 is 0 Å². The van der Waals surface area contributed by atoms with E-state index in [2.05, 4.69) is 26.2 Å². The number of aromatic amines is 1. The van der Waals surface area contributed by atoms with Gasteiger partial charge in [-0.1, -0.05) is 28.1 Å². The fraction of sp³-hybridized carbons (Fsp3) is 0.200. The van der Waals surface area contributed by atoms with E-state index in [0.29, 0.717) is 5.69 Å². The van der Waals surface area contributed by atoms with Gasteiger partial charge in [-0.3, -0.25) is 9.59 Å². The molecule has 2 rings (SSSR count). The molecule has 0 atom stereocenters. The summed E-state index contributed by atoms with van der Waals surface area (Å²) in [7, 11) is 0. The molecule has 2 aromatic rings. The topological polar surface area (TPSA) is 62.0 Å². The van der Waals surface area contributed by atoms with E-state index in [4.69, 9.17) is 0 Å². The average Bonchev–Trinajstić information content (AvgIpc) is 2.41. The summed E-state index contributed by atoms with van der Waals surface area (Å²) >= 11 is 3.38. The van der Waals surface area contributed by atoms with Crippen LogP contribution in [0.25, 0.3) is 0 Å². The molecule has 0 saturated heterocycles. The number of carbonyl (C=O) groups is 1. The van der Waals surface area contributed by atoms with Gasteiger partial charge in [-0.25, -0.2) is 0 Å². The molecule has 0 unspecified atom stereocenters. The van der Waals surface area contributed by atoms with Crippen LogP contribution < -0.4 is 10.7 Å². The number of benzene rings is 1. The number of rotatable bonds is 4. The maximum Gasteiger partial charge on any atom is 0.261 e. The summed E-state index contributed by atoms with van der Waals surface area (Å²) in [6.07, 6.45) is 2.37. The SMILES string of the molecule is Cc1cc(=O)c(C(=O)Nc2ccc(CCBr)cc2)c[nH]1.